The predicted octanol–water partition coefficient (Wildman–Crippen LogP) is 4.77. The second-order valence-electron chi connectivity index (χ2n) is 7.29. The molecule has 6 heteroatoms. The Morgan fingerprint density at radius 1 is 1.00 bits per heavy atom. The molecule has 1 N–H and O–H groups in total. The van der Waals surface area contributed by atoms with Gasteiger partial charge in [0.2, 0.25) is 0 Å². The summed E-state index contributed by atoms with van der Waals surface area (Å²) < 4.78 is 18.7. The normalized spacial score (nSPS) is 17.8. The van der Waals surface area contributed by atoms with E-state index in [1.54, 1.807) is 30.3 Å². The van der Waals surface area contributed by atoms with Crippen LogP contribution in [0, 0.1) is 12.7 Å². The maximum atomic E-state index is 13.5. The molecule has 0 radical (unpaired) electrons. The monoisotopic (exact) mass is 417 g/mol. The molecule has 0 bridgehead atoms. The van der Waals surface area contributed by atoms with E-state index in [2.05, 4.69) is 0 Å². The number of anilines is 1. The Morgan fingerprint density at radius 2 is 1.71 bits per heavy atom. The largest absolute Gasteiger partial charge is 0.507 e. The first-order valence-electron chi connectivity index (χ1n) is 9.68. The van der Waals surface area contributed by atoms with E-state index in [-0.39, 0.29) is 11.3 Å². The van der Waals surface area contributed by atoms with E-state index in [0.717, 1.165) is 5.56 Å². The lowest BCUT2D eigenvalue weighted by atomic mass is 9.94. The molecule has 4 rings (SSSR count). The maximum Gasteiger partial charge on any atom is 0.300 e. The number of methoxy groups -OCH3 is 1. The summed E-state index contributed by atoms with van der Waals surface area (Å²) in [7, 11) is 1.50. The van der Waals surface area contributed by atoms with Crippen molar-refractivity contribution in [2.45, 2.75) is 13.0 Å². The quantitative estimate of drug-likeness (QED) is 0.377. The second kappa shape index (κ2) is 8.07. The van der Waals surface area contributed by atoms with Crippen molar-refractivity contribution in [1.82, 2.24) is 0 Å². The molecule has 3 aromatic rings. The molecule has 1 amide bonds. The van der Waals surface area contributed by atoms with E-state index in [9.17, 15) is 19.1 Å². The Morgan fingerprint density at radius 3 is 2.39 bits per heavy atom. The number of Topliss-reactive ketones (excluding diaryl/α,β-unsaturated/α-hetero) is 1. The van der Waals surface area contributed by atoms with Crippen molar-refractivity contribution >= 4 is 23.1 Å². The van der Waals surface area contributed by atoms with E-state index >= 15 is 0 Å². The van der Waals surface area contributed by atoms with Crippen molar-refractivity contribution in [1.29, 1.82) is 0 Å². The standard InChI is InChI=1S/C25H20FNO4/c1-15-5-3-6-16(13-15)22-21(23(28)17-7-4-8-20(14-17)31-2)24(29)25(30)27(22)19-11-9-18(26)10-12-19/h3-14,22,28H,1-2H3/b23-21-. The topological polar surface area (TPSA) is 66.8 Å². The Hall–Kier alpha value is -3.93. The number of benzene rings is 3. The molecule has 156 valence electrons. The summed E-state index contributed by atoms with van der Waals surface area (Å²) in [6.07, 6.45) is 0. The molecular formula is C25H20FNO4. The highest BCUT2D eigenvalue weighted by atomic mass is 19.1. The maximum absolute atomic E-state index is 13.5. The fourth-order valence-electron chi connectivity index (χ4n) is 3.78. The van der Waals surface area contributed by atoms with Crippen LogP contribution < -0.4 is 9.64 Å². The fourth-order valence-corrected chi connectivity index (χ4v) is 3.78. The Bertz CT molecular complexity index is 1200. The highest BCUT2D eigenvalue weighted by Crippen LogP contribution is 2.42. The Balaban J connectivity index is 1.95. The highest BCUT2D eigenvalue weighted by Gasteiger charge is 2.47. The summed E-state index contributed by atoms with van der Waals surface area (Å²) >= 11 is 0. The van der Waals surface area contributed by atoms with Crippen molar-refractivity contribution in [3.8, 4) is 5.75 Å². The van der Waals surface area contributed by atoms with Gasteiger partial charge in [-0.05, 0) is 48.9 Å². The Labute approximate surface area is 179 Å². The van der Waals surface area contributed by atoms with E-state index in [4.69, 9.17) is 4.74 Å². The van der Waals surface area contributed by atoms with Gasteiger partial charge in [0.05, 0.1) is 18.7 Å². The van der Waals surface area contributed by atoms with Gasteiger partial charge in [-0.1, -0.05) is 42.0 Å². The second-order valence-corrected chi connectivity index (χ2v) is 7.29. The zero-order chi connectivity index (χ0) is 22.1. The van der Waals surface area contributed by atoms with Gasteiger partial charge in [0.25, 0.3) is 11.7 Å². The van der Waals surface area contributed by atoms with Crippen LogP contribution in [0.5, 0.6) is 5.75 Å². The average Bonchev–Trinajstić information content (AvgIpc) is 3.04. The van der Waals surface area contributed by atoms with Crippen molar-refractivity contribution in [3.63, 3.8) is 0 Å². The number of ether oxygens (including phenoxy) is 1. The molecule has 0 spiro atoms. The number of carbonyl (C=O) groups is 2. The first-order chi connectivity index (χ1) is 14.9. The zero-order valence-corrected chi connectivity index (χ0v) is 17.0. The number of hydrogen-bond donors (Lipinski definition) is 1. The van der Waals surface area contributed by atoms with Crippen LogP contribution in [0.1, 0.15) is 22.7 Å². The minimum absolute atomic E-state index is 0.0341. The molecule has 1 heterocycles. The fraction of sp³-hybridized carbons (Fsp3) is 0.120. The lowest BCUT2D eigenvalue weighted by Gasteiger charge is -2.25. The van der Waals surface area contributed by atoms with Crippen molar-refractivity contribution in [2.24, 2.45) is 0 Å². The van der Waals surface area contributed by atoms with E-state index in [0.29, 0.717) is 22.6 Å². The molecule has 1 saturated heterocycles. The summed E-state index contributed by atoms with van der Waals surface area (Å²) in [4.78, 5) is 27.4. The molecule has 1 aliphatic heterocycles. The van der Waals surface area contributed by atoms with Gasteiger partial charge < -0.3 is 9.84 Å². The summed E-state index contributed by atoms with van der Waals surface area (Å²) in [5.74, 6) is -1.85. The molecule has 0 aromatic heterocycles. The number of amides is 1. The lowest BCUT2D eigenvalue weighted by Crippen LogP contribution is -2.29. The molecule has 1 atom stereocenters. The van der Waals surface area contributed by atoms with Crippen LogP contribution in [0.15, 0.2) is 78.4 Å². The van der Waals surface area contributed by atoms with Gasteiger partial charge in [-0.3, -0.25) is 14.5 Å². The van der Waals surface area contributed by atoms with E-state index in [1.807, 2.05) is 25.1 Å². The SMILES string of the molecule is COc1cccc(/C(O)=C2/C(=O)C(=O)N(c3ccc(F)cc3)C2c2cccc(C)c2)c1. The number of nitrogens with zero attached hydrogens (tertiary/aromatic N) is 1. The molecule has 1 unspecified atom stereocenters. The third-order valence-corrected chi connectivity index (χ3v) is 5.25. The number of aryl methyl sites for hydroxylation is 1. The molecule has 31 heavy (non-hydrogen) atoms. The number of aliphatic hydroxyl groups excluding tert-OH is 1. The van der Waals surface area contributed by atoms with E-state index in [1.165, 1.54) is 36.3 Å². The third kappa shape index (κ3) is 3.68. The minimum atomic E-state index is -0.864. The van der Waals surface area contributed by atoms with Crippen LogP contribution in [-0.4, -0.2) is 23.9 Å². The Kier molecular flexibility index (Phi) is 5.29. The van der Waals surface area contributed by atoms with Crippen molar-refractivity contribution < 1.29 is 23.8 Å². The van der Waals surface area contributed by atoms with Gasteiger partial charge in [-0.15, -0.1) is 0 Å². The van der Waals surface area contributed by atoms with Crippen LogP contribution in [0.3, 0.4) is 0 Å². The molecule has 5 nitrogen and oxygen atoms in total. The van der Waals surface area contributed by atoms with Gasteiger partial charge in [-0.25, -0.2) is 4.39 Å². The number of hydrogen-bond acceptors (Lipinski definition) is 4. The number of halogens is 1. The number of ketones is 1. The number of carbonyl (C=O) groups excluding carboxylic acids is 2. The average molecular weight is 417 g/mol. The van der Waals surface area contributed by atoms with Crippen molar-refractivity contribution in [3.05, 3.63) is 101 Å². The number of aliphatic hydroxyl groups is 1. The van der Waals surface area contributed by atoms with Crippen LogP contribution in [0.2, 0.25) is 0 Å². The smallest absolute Gasteiger partial charge is 0.300 e. The van der Waals surface area contributed by atoms with Gasteiger partial charge in [0, 0.05) is 11.3 Å². The van der Waals surface area contributed by atoms with Gasteiger partial charge in [0.1, 0.15) is 17.3 Å². The summed E-state index contributed by atoms with van der Waals surface area (Å²) in [5, 5.41) is 11.1. The summed E-state index contributed by atoms with van der Waals surface area (Å²) in [5.41, 5.74) is 2.28. The van der Waals surface area contributed by atoms with Crippen LogP contribution in [0.25, 0.3) is 5.76 Å². The summed E-state index contributed by atoms with van der Waals surface area (Å²) in [6, 6.07) is 18.5. The molecule has 0 saturated carbocycles. The van der Waals surface area contributed by atoms with Gasteiger partial charge >= 0.3 is 0 Å². The zero-order valence-electron chi connectivity index (χ0n) is 17.0. The highest BCUT2D eigenvalue weighted by molar-refractivity contribution is 6.51. The van der Waals surface area contributed by atoms with E-state index < -0.39 is 23.5 Å². The first-order valence-corrected chi connectivity index (χ1v) is 9.68. The first kappa shape index (κ1) is 20.3. The predicted molar refractivity (Wildman–Crippen MR) is 115 cm³/mol. The van der Waals surface area contributed by atoms with Crippen LogP contribution >= 0.6 is 0 Å². The third-order valence-electron chi connectivity index (χ3n) is 5.25. The van der Waals surface area contributed by atoms with Gasteiger partial charge in [0.15, 0.2) is 0 Å². The van der Waals surface area contributed by atoms with Crippen molar-refractivity contribution in [2.75, 3.05) is 12.0 Å². The number of rotatable bonds is 4. The van der Waals surface area contributed by atoms with Gasteiger partial charge in [-0.2, -0.15) is 0 Å². The molecule has 0 aliphatic carbocycles. The van der Waals surface area contributed by atoms with Crippen LogP contribution in [-0.2, 0) is 9.59 Å². The minimum Gasteiger partial charge on any atom is -0.507 e. The molecule has 1 fully saturated rings. The lowest BCUT2D eigenvalue weighted by molar-refractivity contribution is -0.132. The molecule has 1 aliphatic rings. The molecular weight excluding hydrogens is 397 g/mol. The summed E-state index contributed by atoms with van der Waals surface area (Å²) in [6.45, 7) is 1.90. The molecule has 3 aromatic carbocycles. The van der Waals surface area contributed by atoms with Crippen LogP contribution in [0.4, 0.5) is 10.1 Å².